The van der Waals surface area contributed by atoms with Crippen molar-refractivity contribution in [2.24, 2.45) is 0 Å². The topological polar surface area (TPSA) is 72.0 Å². The largest absolute Gasteiger partial charge is 0.487 e. The summed E-state index contributed by atoms with van der Waals surface area (Å²) in [5.41, 5.74) is 1.15. The normalized spacial score (nSPS) is 22.1. The van der Waals surface area contributed by atoms with Gasteiger partial charge in [-0.1, -0.05) is 31.4 Å². The fourth-order valence-corrected chi connectivity index (χ4v) is 4.98. The molecule has 0 N–H and O–H groups in total. The highest BCUT2D eigenvalue weighted by molar-refractivity contribution is 5.97. The van der Waals surface area contributed by atoms with Crippen LogP contribution in [-0.4, -0.2) is 66.0 Å². The van der Waals surface area contributed by atoms with Crippen molar-refractivity contribution >= 4 is 11.8 Å². The fraction of sp³-hybridized carbons (Fsp3) is 0.519. The van der Waals surface area contributed by atoms with Crippen LogP contribution in [0.2, 0.25) is 0 Å². The minimum Gasteiger partial charge on any atom is -0.487 e. The van der Waals surface area contributed by atoms with Gasteiger partial charge in [0.15, 0.2) is 0 Å². The second-order valence-electron chi connectivity index (χ2n) is 9.23. The lowest BCUT2D eigenvalue weighted by Gasteiger charge is -2.40. The lowest BCUT2D eigenvalue weighted by Crippen LogP contribution is -2.51. The van der Waals surface area contributed by atoms with Gasteiger partial charge < -0.3 is 19.3 Å². The summed E-state index contributed by atoms with van der Waals surface area (Å²) in [7, 11) is 3.42. The van der Waals surface area contributed by atoms with Gasteiger partial charge in [0, 0.05) is 32.4 Å². The zero-order valence-electron chi connectivity index (χ0n) is 20.2. The Hall–Kier alpha value is -3.09. The van der Waals surface area contributed by atoms with E-state index in [1.54, 1.807) is 30.3 Å². The lowest BCUT2D eigenvalue weighted by molar-refractivity contribution is 0.0267. The van der Waals surface area contributed by atoms with E-state index in [1.165, 1.54) is 0 Å². The molecule has 0 radical (unpaired) electrons. The molecule has 1 fully saturated rings. The van der Waals surface area contributed by atoms with Crippen LogP contribution in [0.3, 0.4) is 0 Å². The standard InChI is InChI=1S/C27H35N3O4/c1-29-17-9-3-4-10-18-30(26(31)20-15-16-25(33-2)28-19-20)22-12-6-8-14-24(22)34-23-13-7-5-11-21(23)27(29)32/h5,7,11,13,15-16,19,22,24H,3-4,6,8-10,12,14,17-18H2,1-2H3/t22-,24+/m1/s1. The van der Waals surface area contributed by atoms with Crippen LogP contribution in [0, 0.1) is 0 Å². The summed E-state index contributed by atoms with van der Waals surface area (Å²) in [5.74, 6) is 1.05. The van der Waals surface area contributed by atoms with E-state index in [1.807, 2.05) is 36.2 Å². The molecule has 34 heavy (non-hydrogen) atoms. The minimum atomic E-state index is -0.161. The van der Waals surface area contributed by atoms with Crippen molar-refractivity contribution in [3.8, 4) is 11.6 Å². The van der Waals surface area contributed by atoms with Gasteiger partial charge in [0.1, 0.15) is 11.9 Å². The molecule has 0 bridgehead atoms. The molecular weight excluding hydrogens is 430 g/mol. The van der Waals surface area contributed by atoms with Crippen LogP contribution < -0.4 is 9.47 Å². The Morgan fingerprint density at radius 1 is 1.00 bits per heavy atom. The first-order valence-electron chi connectivity index (χ1n) is 12.4. The third-order valence-corrected chi connectivity index (χ3v) is 6.91. The number of hydrogen-bond acceptors (Lipinski definition) is 5. The Bertz CT molecular complexity index is 978. The number of carbonyl (C=O) groups is 2. The Balaban J connectivity index is 1.66. The van der Waals surface area contributed by atoms with Crippen molar-refractivity contribution in [2.75, 3.05) is 27.2 Å². The third kappa shape index (κ3) is 5.51. The number of nitrogens with zero attached hydrogens (tertiary/aromatic N) is 3. The predicted octanol–water partition coefficient (Wildman–Crippen LogP) is 4.57. The molecular formula is C27H35N3O4. The van der Waals surface area contributed by atoms with E-state index in [9.17, 15) is 9.59 Å². The molecule has 4 rings (SSSR count). The highest BCUT2D eigenvalue weighted by Gasteiger charge is 2.35. The molecule has 2 aromatic rings. The molecule has 0 saturated heterocycles. The third-order valence-electron chi connectivity index (χ3n) is 6.91. The SMILES string of the molecule is COc1ccc(C(=O)N2CCCCCCN(C)C(=O)c3ccccc3O[C@H]3CCCC[C@H]32)cn1. The summed E-state index contributed by atoms with van der Waals surface area (Å²) in [6.45, 7) is 1.39. The summed E-state index contributed by atoms with van der Waals surface area (Å²) in [4.78, 5) is 34.8. The molecule has 182 valence electrons. The first kappa shape index (κ1) is 24.0. The van der Waals surface area contributed by atoms with Crippen LogP contribution in [-0.2, 0) is 0 Å². The maximum Gasteiger partial charge on any atom is 0.257 e. The highest BCUT2D eigenvalue weighted by atomic mass is 16.5. The molecule has 1 aromatic heterocycles. The van der Waals surface area contributed by atoms with Gasteiger partial charge >= 0.3 is 0 Å². The van der Waals surface area contributed by atoms with Crippen LogP contribution >= 0.6 is 0 Å². The van der Waals surface area contributed by atoms with E-state index in [0.29, 0.717) is 35.8 Å². The number of pyridine rings is 1. The highest BCUT2D eigenvalue weighted by Crippen LogP contribution is 2.31. The van der Waals surface area contributed by atoms with Crippen LogP contribution in [0.1, 0.15) is 72.1 Å². The Morgan fingerprint density at radius 3 is 2.53 bits per heavy atom. The first-order valence-corrected chi connectivity index (χ1v) is 12.4. The van der Waals surface area contributed by atoms with E-state index >= 15 is 0 Å². The number of methoxy groups -OCH3 is 1. The summed E-state index contributed by atoms with van der Waals surface area (Å²) >= 11 is 0. The van der Waals surface area contributed by atoms with Gasteiger partial charge in [-0.2, -0.15) is 0 Å². The van der Waals surface area contributed by atoms with Crippen molar-refractivity contribution in [3.63, 3.8) is 0 Å². The maximum absolute atomic E-state index is 13.7. The summed E-state index contributed by atoms with van der Waals surface area (Å²) in [5, 5.41) is 0. The molecule has 1 saturated carbocycles. The van der Waals surface area contributed by atoms with Crippen molar-refractivity contribution < 1.29 is 19.1 Å². The molecule has 1 aromatic carbocycles. The van der Waals surface area contributed by atoms with Crippen molar-refractivity contribution in [2.45, 2.75) is 63.5 Å². The summed E-state index contributed by atoms with van der Waals surface area (Å²) in [6.07, 6.45) is 9.17. The minimum absolute atomic E-state index is 0.0164. The molecule has 2 amide bonds. The maximum atomic E-state index is 13.7. The lowest BCUT2D eigenvalue weighted by atomic mass is 9.90. The molecule has 2 aliphatic rings. The van der Waals surface area contributed by atoms with Crippen LogP contribution in [0.5, 0.6) is 11.6 Å². The molecule has 7 nitrogen and oxygen atoms in total. The number of carbonyl (C=O) groups excluding carboxylic acids is 2. The molecule has 0 spiro atoms. The van der Waals surface area contributed by atoms with Gasteiger partial charge in [0.2, 0.25) is 5.88 Å². The molecule has 7 heteroatoms. The average Bonchev–Trinajstić information content (AvgIpc) is 2.88. The summed E-state index contributed by atoms with van der Waals surface area (Å²) in [6, 6.07) is 10.9. The van der Waals surface area contributed by atoms with Crippen molar-refractivity contribution in [1.29, 1.82) is 0 Å². The number of hydrogen-bond donors (Lipinski definition) is 0. The first-order chi connectivity index (χ1) is 16.6. The van der Waals surface area contributed by atoms with Gasteiger partial charge in [-0.25, -0.2) is 4.98 Å². The van der Waals surface area contributed by atoms with Crippen LogP contribution in [0.4, 0.5) is 0 Å². The Morgan fingerprint density at radius 2 is 1.76 bits per heavy atom. The van der Waals surface area contributed by atoms with Gasteiger partial charge in [0.05, 0.1) is 24.3 Å². The zero-order valence-corrected chi connectivity index (χ0v) is 20.2. The van der Waals surface area contributed by atoms with Gasteiger partial charge in [-0.05, 0) is 50.3 Å². The molecule has 1 aliphatic heterocycles. The second kappa shape index (κ2) is 11.4. The summed E-state index contributed by atoms with van der Waals surface area (Å²) < 4.78 is 11.7. The molecule has 1 aliphatic carbocycles. The average molecular weight is 466 g/mol. The van der Waals surface area contributed by atoms with E-state index < -0.39 is 0 Å². The Kier molecular flexibility index (Phi) is 8.03. The van der Waals surface area contributed by atoms with E-state index in [-0.39, 0.29) is 24.0 Å². The van der Waals surface area contributed by atoms with Gasteiger partial charge in [-0.15, -0.1) is 0 Å². The van der Waals surface area contributed by atoms with Crippen molar-refractivity contribution in [3.05, 3.63) is 53.7 Å². The van der Waals surface area contributed by atoms with E-state index in [2.05, 4.69) is 4.98 Å². The van der Waals surface area contributed by atoms with Crippen molar-refractivity contribution in [1.82, 2.24) is 14.8 Å². The monoisotopic (exact) mass is 465 g/mol. The quantitative estimate of drug-likeness (QED) is 0.650. The number of rotatable bonds is 2. The fourth-order valence-electron chi connectivity index (χ4n) is 4.98. The molecule has 0 unspecified atom stereocenters. The number of para-hydroxylation sites is 1. The zero-order chi connectivity index (χ0) is 23.9. The van der Waals surface area contributed by atoms with Crippen LogP contribution in [0.25, 0.3) is 0 Å². The Labute approximate surface area is 202 Å². The smallest absolute Gasteiger partial charge is 0.257 e. The molecule has 2 atom stereocenters. The van der Waals surface area contributed by atoms with Gasteiger partial charge in [0.25, 0.3) is 11.8 Å². The van der Waals surface area contributed by atoms with E-state index in [0.717, 1.165) is 51.4 Å². The number of aromatic nitrogens is 1. The van der Waals surface area contributed by atoms with Gasteiger partial charge in [-0.3, -0.25) is 9.59 Å². The second-order valence-corrected chi connectivity index (χ2v) is 9.23. The number of benzene rings is 1. The number of fused-ring (bicyclic) bond motifs is 2. The molecule has 2 heterocycles. The van der Waals surface area contributed by atoms with Crippen LogP contribution in [0.15, 0.2) is 42.6 Å². The number of amides is 2. The number of ether oxygens (including phenoxy) is 2. The van der Waals surface area contributed by atoms with E-state index in [4.69, 9.17) is 9.47 Å². The predicted molar refractivity (Wildman–Crippen MR) is 130 cm³/mol.